The maximum atomic E-state index is 14.1. The molecule has 0 spiro atoms. The van der Waals surface area contributed by atoms with Crippen molar-refractivity contribution in [3.63, 3.8) is 0 Å². The molecule has 1 unspecified atom stereocenters. The summed E-state index contributed by atoms with van der Waals surface area (Å²) in [5, 5.41) is 12.4. The summed E-state index contributed by atoms with van der Waals surface area (Å²) in [5.41, 5.74) is 3.70. The molecular formula is C35H26N2O6S. The number of furan rings is 1. The van der Waals surface area contributed by atoms with E-state index in [9.17, 15) is 14.7 Å². The number of hydrogen-bond donors (Lipinski definition) is 1. The fraction of sp³-hybridized carbons (Fsp3) is 0.114. The Morgan fingerprint density at radius 3 is 2.57 bits per heavy atom. The third kappa shape index (κ3) is 4.77. The minimum Gasteiger partial charge on any atom is -0.503 e. The van der Waals surface area contributed by atoms with E-state index in [4.69, 9.17) is 18.9 Å². The lowest BCUT2D eigenvalue weighted by Crippen LogP contribution is -2.31. The molecule has 7 rings (SSSR count). The van der Waals surface area contributed by atoms with Gasteiger partial charge < -0.3 is 19.0 Å². The van der Waals surface area contributed by atoms with Crippen LogP contribution in [0.25, 0.3) is 21.2 Å². The number of Topliss-reactive ketones (excluding diaryl/α,β-unsaturated/α-hetero) is 1. The summed E-state index contributed by atoms with van der Waals surface area (Å²) in [6.07, 6.45) is 0. The molecule has 4 aromatic carbocycles. The molecule has 0 saturated heterocycles. The SMILES string of the molecule is COc1cc(C2C(C(=O)c3cc4ccccc4o3)=C(O)C(=O)N2c2nc3ccc(C)cc3s2)ccc1OCc1ccccc1. The van der Waals surface area contributed by atoms with Gasteiger partial charge in [0.1, 0.15) is 12.2 Å². The number of anilines is 1. The van der Waals surface area contributed by atoms with Crippen molar-refractivity contribution in [1.82, 2.24) is 4.98 Å². The number of aromatic nitrogens is 1. The van der Waals surface area contributed by atoms with E-state index in [0.29, 0.717) is 39.9 Å². The summed E-state index contributed by atoms with van der Waals surface area (Å²) >= 11 is 1.31. The molecule has 218 valence electrons. The van der Waals surface area contributed by atoms with E-state index in [2.05, 4.69) is 0 Å². The third-order valence-corrected chi connectivity index (χ3v) is 8.60. The second kappa shape index (κ2) is 11.0. The van der Waals surface area contributed by atoms with Gasteiger partial charge in [-0.3, -0.25) is 14.5 Å². The Hall–Kier alpha value is -5.41. The number of aliphatic hydroxyl groups excluding tert-OH is 1. The predicted molar refractivity (Wildman–Crippen MR) is 169 cm³/mol. The molecule has 44 heavy (non-hydrogen) atoms. The van der Waals surface area contributed by atoms with Crippen LogP contribution in [0.15, 0.2) is 113 Å². The molecule has 0 fully saturated rings. The van der Waals surface area contributed by atoms with E-state index in [0.717, 1.165) is 21.2 Å². The normalized spacial score (nSPS) is 15.0. The molecule has 0 radical (unpaired) electrons. The highest BCUT2D eigenvalue weighted by molar-refractivity contribution is 7.22. The average Bonchev–Trinajstić information content (AvgIpc) is 3.74. The van der Waals surface area contributed by atoms with Crippen molar-refractivity contribution in [3.8, 4) is 11.5 Å². The number of ketones is 1. The van der Waals surface area contributed by atoms with Crippen molar-refractivity contribution in [2.24, 2.45) is 0 Å². The van der Waals surface area contributed by atoms with Gasteiger partial charge in [0.2, 0.25) is 5.78 Å². The lowest BCUT2D eigenvalue weighted by atomic mass is 9.95. The number of nitrogens with zero attached hydrogens (tertiary/aromatic N) is 2. The monoisotopic (exact) mass is 602 g/mol. The zero-order valence-electron chi connectivity index (χ0n) is 23.8. The van der Waals surface area contributed by atoms with Gasteiger partial charge in [-0.2, -0.15) is 0 Å². The summed E-state index contributed by atoms with van der Waals surface area (Å²) in [5.74, 6) is -1.06. The lowest BCUT2D eigenvalue weighted by molar-refractivity contribution is -0.117. The van der Waals surface area contributed by atoms with Crippen LogP contribution in [0.3, 0.4) is 0 Å². The van der Waals surface area contributed by atoms with Gasteiger partial charge >= 0.3 is 0 Å². The van der Waals surface area contributed by atoms with E-state index in [-0.39, 0.29) is 11.3 Å². The van der Waals surface area contributed by atoms with E-state index < -0.39 is 23.5 Å². The molecule has 1 atom stereocenters. The number of carbonyl (C=O) groups excluding carboxylic acids is 2. The number of carbonyl (C=O) groups is 2. The predicted octanol–water partition coefficient (Wildman–Crippen LogP) is 7.72. The van der Waals surface area contributed by atoms with Gasteiger partial charge in [-0.25, -0.2) is 4.98 Å². The van der Waals surface area contributed by atoms with Gasteiger partial charge in [-0.1, -0.05) is 72.0 Å². The van der Waals surface area contributed by atoms with Gasteiger partial charge in [-0.05, 0) is 60.0 Å². The van der Waals surface area contributed by atoms with Crippen LogP contribution in [0.4, 0.5) is 5.13 Å². The Kier molecular flexibility index (Phi) is 6.87. The highest BCUT2D eigenvalue weighted by atomic mass is 32.1. The van der Waals surface area contributed by atoms with Gasteiger partial charge in [0, 0.05) is 5.39 Å². The number of aryl methyl sites for hydroxylation is 1. The zero-order valence-corrected chi connectivity index (χ0v) is 24.6. The first-order valence-corrected chi connectivity index (χ1v) is 14.7. The van der Waals surface area contributed by atoms with Crippen molar-refractivity contribution < 1.29 is 28.6 Å². The Morgan fingerprint density at radius 2 is 1.77 bits per heavy atom. The van der Waals surface area contributed by atoms with Crippen molar-refractivity contribution >= 4 is 49.3 Å². The van der Waals surface area contributed by atoms with Gasteiger partial charge in [0.05, 0.1) is 28.9 Å². The number of ether oxygens (including phenoxy) is 2. The average molecular weight is 603 g/mol. The number of thiazole rings is 1. The number of benzene rings is 4. The number of rotatable bonds is 8. The number of amides is 1. The van der Waals surface area contributed by atoms with E-state index in [1.54, 1.807) is 30.3 Å². The second-order valence-electron chi connectivity index (χ2n) is 10.5. The number of hydrogen-bond acceptors (Lipinski definition) is 8. The largest absolute Gasteiger partial charge is 0.503 e. The van der Waals surface area contributed by atoms with E-state index in [1.807, 2.05) is 73.7 Å². The number of para-hydroxylation sites is 1. The molecule has 2 aromatic heterocycles. The quantitative estimate of drug-likeness (QED) is 0.178. The summed E-state index contributed by atoms with van der Waals surface area (Å²) in [6, 6.07) is 28.6. The third-order valence-electron chi connectivity index (χ3n) is 7.58. The zero-order chi connectivity index (χ0) is 30.4. The van der Waals surface area contributed by atoms with Crippen LogP contribution in [0, 0.1) is 6.92 Å². The maximum absolute atomic E-state index is 14.1. The first kappa shape index (κ1) is 27.4. The molecule has 0 saturated carbocycles. The van der Waals surface area contributed by atoms with E-state index in [1.165, 1.54) is 23.3 Å². The standard InChI is InChI=1S/C35H26N2O6S/c1-20-12-14-24-29(16-20)44-35(36-24)37-31(23-13-15-26(27(18-23)41-2)42-19-21-8-4-3-5-9-21)30(33(39)34(37)40)32(38)28-17-22-10-6-7-11-25(22)43-28/h3-18,31,39H,19H2,1-2H3. The van der Waals surface area contributed by atoms with Crippen LogP contribution in [-0.2, 0) is 11.4 Å². The minimum absolute atomic E-state index is 0.0158. The molecule has 1 aliphatic rings. The lowest BCUT2D eigenvalue weighted by Gasteiger charge is -2.25. The van der Waals surface area contributed by atoms with Gasteiger partial charge in [0.15, 0.2) is 28.1 Å². The topological polar surface area (TPSA) is 102 Å². The first-order valence-electron chi connectivity index (χ1n) is 13.9. The molecule has 9 heteroatoms. The van der Waals surface area contributed by atoms with Crippen LogP contribution in [0.1, 0.15) is 33.3 Å². The van der Waals surface area contributed by atoms with Crippen molar-refractivity contribution in [1.29, 1.82) is 0 Å². The van der Waals surface area contributed by atoms with Crippen LogP contribution >= 0.6 is 11.3 Å². The molecule has 0 bridgehead atoms. The molecule has 1 aliphatic heterocycles. The van der Waals surface area contributed by atoms with Crippen molar-refractivity contribution in [2.45, 2.75) is 19.6 Å². The summed E-state index contributed by atoms with van der Waals surface area (Å²) in [4.78, 5) is 33.9. The van der Waals surface area contributed by atoms with Gasteiger partial charge in [0.25, 0.3) is 5.91 Å². The van der Waals surface area contributed by atoms with Crippen LogP contribution in [0.2, 0.25) is 0 Å². The molecule has 3 heterocycles. The summed E-state index contributed by atoms with van der Waals surface area (Å²) < 4.78 is 18.5. The highest BCUT2D eigenvalue weighted by Gasteiger charge is 2.47. The molecule has 6 aromatic rings. The number of fused-ring (bicyclic) bond motifs is 2. The van der Waals surface area contributed by atoms with Crippen LogP contribution in [-0.4, -0.2) is 28.9 Å². The van der Waals surface area contributed by atoms with Crippen molar-refractivity contribution in [2.75, 3.05) is 12.0 Å². The van der Waals surface area contributed by atoms with Gasteiger partial charge in [-0.15, -0.1) is 0 Å². The summed E-state index contributed by atoms with van der Waals surface area (Å²) in [7, 11) is 1.52. The number of aliphatic hydroxyl groups is 1. The Balaban J connectivity index is 1.33. The first-order chi connectivity index (χ1) is 21.4. The Labute approximate surface area is 256 Å². The number of methoxy groups -OCH3 is 1. The van der Waals surface area contributed by atoms with Crippen LogP contribution in [0.5, 0.6) is 11.5 Å². The molecule has 1 N–H and O–H groups in total. The highest BCUT2D eigenvalue weighted by Crippen LogP contribution is 2.46. The molecule has 0 aliphatic carbocycles. The smallest absolute Gasteiger partial charge is 0.296 e. The fourth-order valence-electron chi connectivity index (χ4n) is 5.41. The fourth-order valence-corrected chi connectivity index (χ4v) is 6.50. The van der Waals surface area contributed by atoms with Crippen LogP contribution < -0.4 is 14.4 Å². The van der Waals surface area contributed by atoms with E-state index >= 15 is 0 Å². The Morgan fingerprint density at radius 1 is 0.977 bits per heavy atom. The molecular weight excluding hydrogens is 576 g/mol. The molecule has 1 amide bonds. The second-order valence-corrected chi connectivity index (χ2v) is 11.5. The maximum Gasteiger partial charge on any atom is 0.296 e. The minimum atomic E-state index is -1.01. The Bertz CT molecular complexity index is 2060. The molecule has 8 nitrogen and oxygen atoms in total. The van der Waals surface area contributed by atoms with Crippen molar-refractivity contribution in [3.05, 3.63) is 131 Å². The summed E-state index contributed by atoms with van der Waals surface area (Å²) in [6.45, 7) is 2.31.